The highest BCUT2D eigenvalue weighted by Crippen LogP contribution is 2.53. The van der Waals surface area contributed by atoms with E-state index in [0.717, 1.165) is 38.0 Å². The fourth-order valence-corrected chi connectivity index (χ4v) is 4.94. The Labute approximate surface area is 131 Å². The molecule has 1 saturated heterocycles. The monoisotopic (exact) mass is 296 g/mol. The molecule has 0 bridgehead atoms. The van der Waals surface area contributed by atoms with Crippen molar-refractivity contribution in [3.8, 4) is 0 Å². The van der Waals surface area contributed by atoms with E-state index >= 15 is 0 Å². The quantitative estimate of drug-likeness (QED) is 0.799. The number of rotatable bonds is 3. The lowest BCUT2D eigenvalue weighted by Gasteiger charge is -2.47. The van der Waals surface area contributed by atoms with E-state index < -0.39 is 5.60 Å². The van der Waals surface area contributed by atoms with Crippen LogP contribution >= 0.6 is 0 Å². The third kappa shape index (κ3) is 3.32. The van der Waals surface area contributed by atoms with Gasteiger partial charge in [-0.3, -0.25) is 0 Å². The molecule has 0 spiro atoms. The highest BCUT2D eigenvalue weighted by molar-refractivity contribution is 5.05. The molecule has 1 aliphatic carbocycles. The summed E-state index contributed by atoms with van der Waals surface area (Å²) in [7, 11) is 0. The second kappa shape index (κ2) is 5.23. The molecule has 0 radical (unpaired) electrons. The molecule has 0 amide bonds. The van der Waals surface area contributed by atoms with Gasteiger partial charge in [0.1, 0.15) is 0 Å². The zero-order valence-corrected chi connectivity index (χ0v) is 15.3. The minimum Gasteiger partial charge on any atom is -0.389 e. The molecule has 21 heavy (non-hydrogen) atoms. The molecular formula is C19H36O2. The zero-order chi connectivity index (χ0) is 16.1. The van der Waals surface area contributed by atoms with E-state index in [2.05, 4.69) is 48.5 Å². The van der Waals surface area contributed by atoms with Gasteiger partial charge in [-0.15, -0.1) is 0 Å². The third-order valence-corrected chi connectivity index (χ3v) is 6.59. The smallest absolute Gasteiger partial charge is 0.0704 e. The Balaban J connectivity index is 2.09. The summed E-state index contributed by atoms with van der Waals surface area (Å²) >= 11 is 0. The van der Waals surface area contributed by atoms with E-state index in [4.69, 9.17) is 4.74 Å². The molecule has 2 rings (SSSR count). The Morgan fingerprint density at radius 2 is 1.62 bits per heavy atom. The van der Waals surface area contributed by atoms with Gasteiger partial charge in [0.25, 0.3) is 0 Å². The standard InChI is InChI=1S/C19H36O2/c1-8-16(2,3)14-9-11-19(20,12-10-14)15-13-17(4,5)21-18(15,6)7/h14-15,20H,8-13H2,1-7H3. The molecule has 1 atom stereocenters. The van der Waals surface area contributed by atoms with Crippen molar-refractivity contribution in [2.75, 3.05) is 0 Å². The van der Waals surface area contributed by atoms with Crippen molar-refractivity contribution < 1.29 is 9.84 Å². The van der Waals surface area contributed by atoms with Crippen LogP contribution in [0.1, 0.15) is 87.0 Å². The van der Waals surface area contributed by atoms with Crippen molar-refractivity contribution in [1.82, 2.24) is 0 Å². The predicted molar refractivity (Wildman–Crippen MR) is 88.3 cm³/mol. The van der Waals surface area contributed by atoms with E-state index in [9.17, 15) is 5.11 Å². The Morgan fingerprint density at radius 3 is 2.00 bits per heavy atom. The van der Waals surface area contributed by atoms with E-state index in [-0.39, 0.29) is 17.1 Å². The highest BCUT2D eigenvalue weighted by Gasteiger charge is 2.55. The van der Waals surface area contributed by atoms with Crippen molar-refractivity contribution in [3.63, 3.8) is 0 Å². The van der Waals surface area contributed by atoms with Crippen LogP contribution in [0.3, 0.4) is 0 Å². The summed E-state index contributed by atoms with van der Waals surface area (Å²) < 4.78 is 6.22. The summed E-state index contributed by atoms with van der Waals surface area (Å²) in [5.41, 5.74) is -0.450. The van der Waals surface area contributed by atoms with Gasteiger partial charge in [0.2, 0.25) is 0 Å². The van der Waals surface area contributed by atoms with Crippen molar-refractivity contribution in [2.24, 2.45) is 17.3 Å². The van der Waals surface area contributed by atoms with Gasteiger partial charge < -0.3 is 9.84 Å². The minimum absolute atomic E-state index is 0.108. The molecule has 1 heterocycles. The summed E-state index contributed by atoms with van der Waals surface area (Å²) in [5, 5.41) is 11.3. The maximum Gasteiger partial charge on any atom is 0.0704 e. The van der Waals surface area contributed by atoms with Crippen molar-refractivity contribution in [1.29, 1.82) is 0 Å². The summed E-state index contributed by atoms with van der Waals surface area (Å²) in [6.07, 6.45) is 6.39. The van der Waals surface area contributed by atoms with Crippen LogP contribution in [0.4, 0.5) is 0 Å². The van der Waals surface area contributed by atoms with Gasteiger partial charge in [-0.1, -0.05) is 27.2 Å². The molecule has 2 heteroatoms. The summed E-state index contributed by atoms with van der Waals surface area (Å²) in [6, 6.07) is 0. The Hall–Kier alpha value is -0.0800. The van der Waals surface area contributed by atoms with Crippen molar-refractivity contribution in [3.05, 3.63) is 0 Å². The lowest BCUT2D eigenvalue weighted by molar-refractivity contribution is -0.131. The molecule has 0 aromatic heterocycles. The third-order valence-electron chi connectivity index (χ3n) is 6.59. The van der Waals surface area contributed by atoms with Gasteiger partial charge in [-0.05, 0) is 71.1 Å². The van der Waals surface area contributed by atoms with Crippen LogP contribution in [-0.2, 0) is 4.74 Å². The Kier molecular flexibility index (Phi) is 4.30. The predicted octanol–water partition coefficient (Wildman–Crippen LogP) is 4.94. The van der Waals surface area contributed by atoms with Crippen molar-refractivity contribution >= 4 is 0 Å². The average molecular weight is 296 g/mol. The van der Waals surface area contributed by atoms with Gasteiger partial charge in [-0.2, -0.15) is 0 Å². The van der Waals surface area contributed by atoms with E-state index in [1.807, 2.05) is 0 Å². The first kappa shape index (κ1) is 17.3. The fraction of sp³-hybridized carbons (Fsp3) is 1.00. The number of hydrogen-bond donors (Lipinski definition) is 1. The molecule has 0 aromatic rings. The minimum atomic E-state index is -0.530. The Bertz CT molecular complexity index is 373. The molecule has 1 aliphatic heterocycles. The van der Waals surface area contributed by atoms with Gasteiger partial charge in [-0.25, -0.2) is 0 Å². The molecule has 1 N–H and O–H groups in total. The fourth-order valence-electron chi connectivity index (χ4n) is 4.94. The topological polar surface area (TPSA) is 29.5 Å². The Morgan fingerprint density at radius 1 is 1.10 bits per heavy atom. The van der Waals surface area contributed by atoms with E-state index in [0.29, 0.717) is 5.41 Å². The highest BCUT2D eigenvalue weighted by atomic mass is 16.5. The molecule has 2 fully saturated rings. The SMILES string of the molecule is CCC(C)(C)C1CCC(O)(C2CC(C)(C)OC2(C)C)CC1. The van der Waals surface area contributed by atoms with Crippen LogP contribution in [0.25, 0.3) is 0 Å². The van der Waals surface area contributed by atoms with E-state index in [1.165, 1.54) is 6.42 Å². The van der Waals surface area contributed by atoms with E-state index in [1.54, 1.807) is 0 Å². The van der Waals surface area contributed by atoms with Gasteiger partial charge in [0.05, 0.1) is 16.8 Å². The summed E-state index contributed by atoms with van der Waals surface area (Å²) in [5.74, 6) is 1.01. The molecule has 2 aliphatic rings. The van der Waals surface area contributed by atoms with Crippen LogP contribution in [0.5, 0.6) is 0 Å². The second-order valence-corrected chi connectivity index (χ2v) is 9.44. The maximum absolute atomic E-state index is 11.3. The summed E-state index contributed by atoms with van der Waals surface area (Å²) in [4.78, 5) is 0. The average Bonchev–Trinajstić information content (AvgIpc) is 2.58. The first-order valence-electron chi connectivity index (χ1n) is 8.84. The van der Waals surface area contributed by atoms with Crippen LogP contribution in [-0.4, -0.2) is 21.9 Å². The van der Waals surface area contributed by atoms with Crippen LogP contribution in [0.2, 0.25) is 0 Å². The first-order chi connectivity index (χ1) is 9.42. The van der Waals surface area contributed by atoms with Crippen LogP contribution in [0.15, 0.2) is 0 Å². The maximum atomic E-state index is 11.3. The molecule has 124 valence electrons. The zero-order valence-electron chi connectivity index (χ0n) is 15.3. The summed E-state index contributed by atoms with van der Waals surface area (Å²) in [6.45, 7) is 15.7. The number of aliphatic hydroxyl groups is 1. The van der Waals surface area contributed by atoms with Gasteiger partial charge in [0.15, 0.2) is 0 Å². The molecular weight excluding hydrogens is 260 g/mol. The van der Waals surface area contributed by atoms with Gasteiger partial charge in [0, 0.05) is 5.92 Å². The molecule has 0 aromatic carbocycles. The molecule has 1 saturated carbocycles. The number of ether oxygens (including phenoxy) is 1. The first-order valence-corrected chi connectivity index (χ1v) is 8.84. The molecule has 1 unspecified atom stereocenters. The largest absolute Gasteiger partial charge is 0.389 e. The normalized spacial score (nSPS) is 39.4. The van der Waals surface area contributed by atoms with Gasteiger partial charge >= 0.3 is 0 Å². The van der Waals surface area contributed by atoms with Crippen molar-refractivity contribution in [2.45, 2.75) is 104 Å². The molecule has 2 nitrogen and oxygen atoms in total. The lowest BCUT2D eigenvalue weighted by atomic mass is 9.61. The van der Waals surface area contributed by atoms with Crippen LogP contribution < -0.4 is 0 Å². The second-order valence-electron chi connectivity index (χ2n) is 9.44. The number of hydrogen-bond acceptors (Lipinski definition) is 2. The van der Waals surface area contributed by atoms with Crippen LogP contribution in [0, 0.1) is 17.3 Å². The lowest BCUT2D eigenvalue weighted by Crippen LogP contribution is -2.49.